The Bertz CT molecular complexity index is 648. The molecule has 0 amide bonds. The highest BCUT2D eigenvalue weighted by Gasteiger charge is 2.39. The Labute approximate surface area is 170 Å². The number of allylic oxidation sites excluding steroid dienone is 2. The predicted octanol–water partition coefficient (Wildman–Crippen LogP) is 8.19. The van der Waals surface area contributed by atoms with Gasteiger partial charge >= 0.3 is 0 Å². The van der Waals surface area contributed by atoms with Gasteiger partial charge in [-0.2, -0.15) is 0 Å². The third-order valence-electron chi connectivity index (χ3n) is 5.97. The summed E-state index contributed by atoms with van der Waals surface area (Å²) in [7, 11) is 2.20. The predicted molar refractivity (Wildman–Crippen MR) is 124 cm³/mol. The second-order valence-corrected chi connectivity index (χ2v) is 16.5. The van der Waals surface area contributed by atoms with Gasteiger partial charge in [0.05, 0.1) is 0 Å². The Morgan fingerprint density at radius 1 is 1.15 bits per heavy atom. The molecule has 0 unspecified atom stereocenters. The van der Waals surface area contributed by atoms with Gasteiger partial charge in [-0.25, -0.2) is 0 Å². The minimum atomic E-state index is -1.81. The molecule has 1 aromatic rings. The maximum absolute atomic E-state index is 6.57. The maximum Gasteiger partial charge on any atom is 0.250 e. The maximum atomic E-state index is 6.57. The lowest BCUT2D eigenvalue weighted by Crippen LogP contribution is -2.43. The van der Waals surface area contributed by atoms with E-state index in [4.69, 9.17) is 4.43 Å². The van der Waals surface area contributed by atoms with E-state index in [9.17, 15) is 0 Å². The zero-order chi connectivity index (χ0) is 19.6. The number of rotatable bonds is 5. The summed E-state index contributed by atoms with van der Waals surface area (Å²) in [6, 6.07) is 8.86. The van der Waals surface area contributed by atoms with Crippen LogP contribution in [0.3, 0.4) is 0 Å². The van der Waals surface area contributed by atoms with Crippen LogP contribution in [0.5, 0.6) is 5.75 Å². The third-order valence-corrected chi connectivity index (χ3v) is 13.0. The van der Waals surface area contributed by atoms with E-state index >= 15 is 0 Å². The lowest BCUT2D eigenvalue weighted by Gasteiger charge is -2.37. The molecule has 1 aromatic carbocycles. The molecule has 0 N–H and O–H groups in total. The fourth-order valence-electron chi connectivity index (χ4n) is 3.21. The molecule has 1 aliphatic rings. The monoisotopic (exact) mass is 408 g/mol. The first-order valence-electron chi connectivity index (χ1n) is 9.80. The summed E-state index contributed by atoms with van der Waals surface area (Å²) in [5.41, 5.74) is 3.01. The van der Waals surface area contributed by atoms with Crippen molar-refractivity contribution < 1.29 is 4.43 Å². The fraction of sp³-hybridized carbons (Fsp3) is 0.636. The molecule has 146 valence electrons. The van der Waals surface area contributed by atoms with E-state index in [-0.39, 0.29) is 10.5 Å². The summed E-state index contributed by atoms with van der Waals surface area (Å²) in [5, 5.41) is 0.213. The lowest BCUT2D eigenvalue weighted by molar-refractivity contribution is 0.489. The van der Waals surface area contributed by atoms with Crippen molar-refractivity contribution in [1.29, 1.82) is 0 Å². The summed E-state index contributed by atoms with van der Waals surface area (Å²) in [4.78, 5) is 1.60. The molecule has 0 bridgehead atoms. The normalized spacial score (nSPS) is 18.6. The minimum Gasteiger partial charge on any atom is -0.543 e. The Kier molecular flexibility index (Phi) is 7.07. The molecule has 0 atom stereocenters. The van der Waals surface area contributed by atoms with Crippen molar-refractivity contribution in [1.82, 2.24) is 0 Å². The van der Waals surface area contributed by atoms with Gasteiger partial charge in [0.1, 0.15) is 5.75 Å². The minimum absolute atomic E-state index is 0.0434. The first-order valence-corrected chi connectivity index (χ1v) is 15.0. The third kappa shape index (κ3) is 4.93. The molecule has 1 aliphatic heterocycles. The number of hydrogen-bond acceptors (Lipinski definition) is 3. The zero-order valence-electron chi connectivity index (χ0n) is 17.9. The second kappa shape index (κ2) is 8.36. The van der Waals surface area contributed by atoms with Crippen molar-refractivity contribution in [2.75, 3.05) is 5.75 Å². The fourth-order valence-corrected chi connectivity index (χ4v) is 7.03. The van der Waals surface area contributed by atoms with Crippen LogP contribution in [0.25, 0.3) is 0 Å². The van der Waals surface area contributed by atoms with Crippen molar-refractivity contribution in [3.8, 4) is 5.75 Å². The molecule has 2 rings (SSSR count). The van der Waals surface area contributed by atoms with Crippen LogP contribution in [0.2, 0.25) is 18.1 Å². The van der Waals surface area contributed by atoms with Gasteiger partial charge in [-0.15, -0.1) is 0 Å². The Hall–Kier alpha value is -0.323. The standard InChI is InChI=1S/C22H36OS2Si/c1-9-19(20-14-11-15-24-25-20)22(5,6)17-12-10-13-18(16-17)23-26(7,8)21(2,3)4/h10,12-13,16H,9,11,14-15H2,1-8H3. The van der Waals surface area contributed by atoms with Crippen LogP contribution in [-0.4, -0.2) is 14.1 Å². The molecule has 0 radical (unpaired) electrons. The molecule has 0 aliphatic carbocycles. The van der Waals surface area contributed by atoms with Crippen molar-refractivity contribution in [3.63, 3.8) is 0 Å². The summed E-state index contributed by atoms with van der Waals surface area (Å²) in [6.07, 6.45) is 3.66. The average Bonchev–Trinajstić information content (AvgIpc) is 2.55. The van der Waals surface area contributed by atoms with E-state index in [0.29, 0.717) is 0 Å². The molecule has 1 heterocycles. The SMILES string of the molecule is CCC(=C1CCCSS1)C(C)(C)c1cccc(O[Si](C)(C)C(C)(C)C)c1. The summed E-state index contributed by atoms with van der Waals surface area (Å²) >= 11 is 0. The molecule has 26 heavy (non-hydrogen) atoms. The topological polar surface area (TPSA) is 9.23 Å². The highest BCUT2D eigenvalue weighted by molar-refractivity contribution is 8.78. The Balaban J connectivity index is 2.36. The molecule has 0 aromatic heterocycles. The first kappa shape index (κ1) is 22.0. The van der Waals surface area contributed by atoms with Crippen LogP contribution in [-0.2, 0) is 5.41 Å². The molecule has 1 nitrogen and oxygen atoms in total. The molecular formula is C22H36OS2Si. The largest absolute Gasteiger partial charge is 0.543 e. The smallest absolute Gasteiger partial charge is 0.250 e. The number of hydrogen-bond donors (Lipinski definition) is 0. The molecule has 1 fully saturated rings. The van der Waals surface area contributed by atoms with Crippen molar-refractivity contribution in [2.45, 2.75) is 84.4 Å². The van der Waals surface area contributed by atoms with E-state index in [1.54, 1.807) is 10.5 Å². The Morgan fingerprint density at radius 2 is 1.85 bits per heavy atom. The van der Waals surface area contributed by atoms with E-state index < -0.39 is 8.32 Å². The van der Waals surface area contributed by atoms with Gasteiger partial charge in [-0.3, -0.25) is 0 Å². The van der Waals surface area contributed by atoms with Crippen LogP contribution in [0, 0.1) is 0 Å². The molecule has 0 spiro atoms. The van der Waals surface area contributed by atoms with Crippen LogP contribution < -0.4 is 4.43 Å². The van der Waals surface area contributed by atoms with Crippen LogP contribution in [0.4, 0.5) is 0 Å². The van der Waals surface area contributed by atoms with Crippen LogP contribution >= 0.6 is 21.6 Å². The lowest BCUT2D eigenvalue weighted by atomic mass is 9.76. The van der Waals surface area contributed by atoms with E-state index in [1.807, 2.05) is 21.6 Å². The van der Waals surface area contributed by atoms with Crippen LogP contribution in [0.15, 0.2) is 34.7 Å². The quantitative estimate of drug-likeness (QED) is 0.359. The highest BCUT2D eigenvalue weighted by atomic mass is 33.1. The van der Waals surface area contributed by atoms with Gasteiger partial charge in [-0.1, -0.05) is 80.8 Å². The van der Waals surface area contributed by atoms with E-state index in [2.05, 4.69) is 78.9 Å². The zero-order valence-corrected chi connectivity index (χ0v) is 20.5. The van der Waals surface area contributed by atoms with Gasteiger partial charge in [0.25, 0.3) is 0 Å². The number of benzene rings is 1. The van der Waals surface area contributed by atoms with Crippen LogP contribution in [0.1, 0.15) is 66.4 Å². The van der Waals surface area contributed by atoms with Gasteiger partial charge in [0.15, 0.2) is 0 Å². The van der Waals surface area contributed by atoms with Gasteiger partial charge in [-0.05, 0) is 60.0 Å². The van der Waals surface area contributed by atoms with E-state index in [0.717, 1.165) is 12.2 Å². The van der Waals surface area contributed by atoms with Gasteiger partial charge in [0, 0.05) is 11.2 Å². The van der Waals surface area contributed by atoms with Crippen molar-refractivity contribution in [2.24, 2.45) is 0 Å². The average molecular weight is 409 g/mol. The summed E-state index contributed by atoms with van der Waals surface area (Å²) < 4.78 is 6.57. The molecular weight excluding hydrogens is 372 g/mol. The van der Waals surface area contributed by atoms with Gasteiger partial charge < -0.3 is 4.43 Å². The molecule has 4 heteroatoms. The van der Waals surface area contributed by atoms with Crippen molar-refractivity contribution >= 4 is 29.9 Å². The highest BCUT2D eigenvalue weighted by Crippen LogP contribution is 2.47. The van der Waals surface area contributed by atoms with E-state index in [1.165, 1.54) is 24.2 Å². The second-order valence-electron chi connectivity index (χ2n) is 9.28. The first-order chi connectivity index (χ1) is 12.0. The Morgan fingerprint density at radius 3 is 2.38 bits per heavy atom. The summed E-state index contributed by atoms with van der Waals surface area (Å²) in [6.45, 7) is 18.6. The van der Waals surface area contributed by atoms with Crippen molar-refractivity contribution in [3.05, 3.63) is 40.3 Å². The summed E-state index contributed by atoms with van der Waals surface area (Å²) in [5.74, 6) is 2.31. The van der Waals surface area contributed by atoms with Gasteiger partial charge in [0.2, 0.25) is 8.32 Å². The molecule has 1 saturated heterocycles. The molecule has 0 saturated carbocycles.